The Balaban J connectivity index is 1.19. The molecule has 5 rings (SSSR count). The van der Waals surface area contributed by atoms with Crippen LogP contribution in [0.2, 0.25) is 0 Å². The number of piperidine rings is 1. The first-order valence-electron chi connectivity index (χ1n) is 14.4. The maximum absolute atomic E-state index is 12.4. The Bertz CT molecular complexity index is 1400. The first-order chi connectivity index (χ1) is 20.3. The Morgan fingerprint density at radius 3 is 2.50 bits per heavy atom. The van der Waals surface area contributed by atoms with Crippen LogP contribution in [-0.4, -0.2) is 77.0 Å². The lowest BCUT2D eigenvalue weighted by Gasteiger charge is -2.33. The van der Waals surface area contributed by atoms with E-state index in [4.69, 9.17) is 14.2 Å². The summed E-state index contributed by atoms with van der Waals surface area (Å²) in [5.74, 6) is 1.01. The molecule has 2 aliphatic rings. The number of benzene rings is 2. The second-order valence-electron chi connectivity index (χ2n) is 11.6. The summed E-state index contributed by atoms with van der Waals surface area (Å²) in [6.45, 7) is 11.1. The normalized spacial score (nSPS) is 16.5. The minimum Gasteiger partial charge on any atom is -0.489 e. The van der Waals surface area contributed by atoms with Crippen LogP contribution in [0.5, 0.6) is 5.75 Å². The minimum atomic E-state index is -0.525. The highest BCUT2D eigenvalue weighted by Crippen LogP contribution is 2.29. The molecule has 0 unspecified atom stereocenters. The van der Waals surface area contributed by atoms with Gasteiger partial charge < -0.3 is 24.4 Å². The summed E-state index contributed by atoms with van der Waals surface area (Å²) >= 11 is 0. The third-order valence-electron chi connectivity index (χ3n) is 7.16. The fourth-order valence-electron chi connectivity index (χ4n) is 4.96. The molecule has 0 radical (unpaired) electrons. The number of anilines is 2. The summed E-state index contributed by atoms with van der Waals surface area (Å²) in [4.78, 5) is 25.5. The molecule has 42 heavy (non-hydrogen) atoms. The van der Waals surface area contributed by atoms with Gasteiger partial charge >= 0.3 is 6.09 Å². The van der Waals surface area contributed by atoms with E-state index in [2.05, 4.69) is 38.4 Å². The average Bonchev–Trinajstić information content (AvgIpc) is 2.98. The van der Waals surface area contributed by atoms with Crippen LogP contribution in [0.3, 0.4) is 0 Å². The molecular formula is C32H38N6O4. The zero-order valence-electron chi connectivity index (χ0n) is 24.5. The first kappa shape index (κ1) is 29.3. The predicted octanol–water partition coefficient (Wildman–Crippen LogP) is 5.37. The summed E-state index contributed by atoms with van der Waals surface area (Å²) in [5, 5.41) is 13.1. The van der Waals surface area contributed by atoms with Crippen molar-refractivity contribution < 1.29 is 19.0 Å². The predicted molar refractivity (Wildman–Crippen MR) is 159 cm³/mol. The van der Waals surface area contributed by atoms with Crippen LogP contribution < -0.4 is 10.1 Å². The lowest BCUT2D eigenvalue weighted by molar-refractivity contribution is 0.0126. The summed E-state index contributed by atoms with van der Waals surface area (Å²) < 4.78 is 17.1. The summed E-state index contributed by atoms with van der Waals surface area (Å²) in [6, 6.07) is 17.9. The van der Waals surface area contributed by atoms with Crippen LogP contribution in [-0.2, 0) is 16.0 Å². The van der Waals surface area contributed by atoms with Gasteiger partial charge in [0.15, 0.2) is 0 Å². The van der Waals surface area contributed by atoms with E-state index in [0.717, 1.165) is 44.1 Å². The van der Waals surface area contributed by atoms with E-state index in [-0.39, 0.29) is 12.2 Å². The van der Waals surface area contributed by atoms with E-state index < -0.39 is 5.60 Å². The summed E-state index contributed by atoms with van der Waals surface area (Å²) in [7, 11) is 0. The van der Waals surface area contributed by atoms with Crippen LogP contribution in [0.1, 0.15) is 44.7 Å². The topological polar surface area (TPSA) is 113 Å². The summed E-state index contributed by atoms with van der Waals surface area (Å²) in [5.41, 5.74) is 3.55. The molecule has 3 heterocycles. The van der Waals surface area contributed by atoms with Gasteiger partial charge in [-0.1, -0.05) is 12.1 Å². The fraction of sp³-hybridized carbons (Fsp3) is 0.438. The third kappa shape index (κ3) is 7.96. The Morgan fingerprint density at radius 2 is 1.81 bits per heavy atom. The fourth-order valence-corrected chi connectivity index (χ4v) is 4.96. The number of nitrogens with one attached hydrogen (secondary N) is 1. The van der Waals surface area contributed by atoms with Crippen molar-refractivity contribution in [1.29, 1.82) is 5.26 Å². The number of hydrogen-bond acceptors (Lipinski definition) is 9. The SMILES string of the molecule is CC(C)(C)OC(=O)N1CCC(Oc2ccc(-c3ccnc(Nc4ccc(CN5CCOCC5)cc4)n3)cc2C#N)CC1. The van der Waals surface area contributed by atoms with E-state index in [1.807, 2.05) is 51.1 Å². The van der Waals surface area contributed by atoms with Crippen molar-refractivity contribution in [3.05, 3.63) is 65.9 Å². The molecule has 220 valence electrons. The van der Waals surface area contributed by atoms with Gasteiger partial charge in [0.05, 0.1) is 24.5 Å². The number of ether oxygens (including phenoxy) is 3. The number of nitriles is 1. The maximum Gasteiger partial charge on any atom is 0.410 e. The van der Waals surface area contributed by atoms with Crippen molar-refractivity contribution in [3.8, 4) is 23.1 Å². The molecule has 10 heteroatoms. The Kier molecular flexibility index (Phi) is 9.20. The zero-order valence-corrected chi connectivity index (χ0v) is 24.5. The molecule has 2 aliphatic heterocycles. The second kappa shape index (κ2) is 13.2. The monoisotopic (exact) mass is 570 g/mol. The standard InChI is InChI=1S/C32H38N6O4/c1-32(2,3)42-31(39)38-14-11-27(12-15-38)41-29-9-6-24(20-25(29)21-33)28-10-13-34-30(36-28)35-26-7-4-23(5-8-26)22-37-16-18-40-19-17-37/h4-10,13,20,27H,11-12,14-19,22H2,1-3H3,(H,34,35,36). The lowest BCUT2D eigenvalue weighted by atomic mass is 10.1. The quantitative estimate of drug-likeness (QED) is 0.401. The minimum absolute atomic E-state index is 0.0863. The average molecular weight is 571 g/mol. The van der Waals surface area contributed by atoms with Crippen LogP contribution in [0.4, 0.5) is 16.4 Å². The Hall–Kier alpha value is -4.20. The van der Waals surface area contributed by atoms with E-state index in [0.29, 0.717) is 48.9 Å². The van der Waals surface area contributed by atoms with Crippen LogP contribution in [0, 0.1) is 11.3 Å². The molecule has 2 fully saturated rings. The van der Waals surface area contributed by atoms with Crippen molar-refractivity contribution in [2.45, 2.75) is 51.9 Å². The molecule has 0 atom stereocenters. The van der Waals surface area contributed by atoms with E-state index >= 15 is 0 Å². The molecule has 2 aromatic carbocycles. The lowest BCUT2D eigenvalue weighted by Crippen LogP contribution is -2.44. The van der Waals surface area contributed by atoms with Crippen molar-refractivity contribution >= 4 is 17.7 Å². The summed E-state index contributed by atoms with van der Waals surface area (Å²) in [6.07, 6.45) is 2.65. The highest BCUT2D eigenvalue weighted by atomic mass is 16.6. The van der Waals surface area contributed by atoms with Gasteiger partial charge in [0, 0.05) is 63.0 Å². The van der Waals surface area contributed by atoms with Gasteiger partial charge in [-0.3, -0.25) is 4.90 Å². The number of carbonyl (C=O) groups is 1. The number of aromatic nitrogens is 2. The van der Waals surface area contributed by atoms with Gasteiger partial charge in [0.1, 0.15) is 23.5 Å². The zero-order chi connectivity index (χ0) is 29.5. The molecule has 1 amide bonds. The third-order valence-corrected chi connectivity index (χ3v) is 7.16. The van der Waals surface area contributed by atoms with Crippen molar-refractivity contribution in [2.75, 3.05) is 44.7 Å². The van der Waals surface area contributed by atoms with Crippen molar-refractivity contribution in [1.82, 2.24) is 19.8 Å². The van der Waals surface area contributed by atoms with Crippen molar-refractivity contribution in [3.63, 3.8) is 0 Å². The first-order valence-corrected chi connectivity index (χ1v) is 14.4. The highest BCUT2D eigenvalue weighted by Gasteiger charge is 2.28. The molecule has 1 N–H and O–H groups in total. The van der Waals surface area contributed by atoms with Gasteiger partial charge in [-0.2, -0.15) is 5.26 Å². The molecule has 2 saturated heterocycles. The molecule has 0 bridgehead atoms. The molecule has 0 spiro atoms. The van der Waals surface area contributed by atoms with Crippen molar-refractivity contribution in [2.24, 2.45) is 0 Å². The number of amides is 1. The van der Waals surface area contributed by atoms with Gasteiger partial charge in [0.25, 0.3) is 0 Å². The molecular weight excluding hydrogens is 532 g/mol. The van der Waals surface area contributed by atoms with Crippen LogP contribution in [0.25, 0.3) is 11.3 Å². The highest BCUT2D eigenvalue weighted by molar-refractivity contribution is 5.68. The maximum atomic E-state index is 12.4. The van der Waals surface area contributed by atoms with Gasteiger partial charge in [0.2, 0.25) is 5.95 Å². The Labute approximate surface area is 247 Å². The molecule has 0 aliphatic carbocycles. The van der Waals surface area contributed by atoms with Gasteiger partial charge in [-0.15, -0.1) is 0 Å². The van der Waals surface area contributed by atoms with E-state index in [1.54, 1.807) is 17.2 Å². The number of nitrogens with zero attached hydrogens (tertiary/aromatic N) is 5. The molecule has 0 saturated carbocycles. The number of hydrogen-bond donors (Lipinski definition) is 1. The van der Waals surface area contributed by atoms with Crippen LogP contribution >= 0.6 is 0 Å². The molecule has 1 aromatic heterocycles. The Morgan fingerprint density at radius 1 is 1.07 bits per heavy atom. The number of morpholine rings is 1. The second-order valence-corrected chi connectivity index (χ2v) is 11.6. The number of likely N-dealkylation sites (tertiary alicyclic amines) is 1. The smallest absolute Gasteiger partial charge is 0.410 e. The number of carbonyl (C=O) groups excluding carboxylic acids is 1. The molecule has 10 nitrogen and oxygen atoms in total. The van der Waals surface area contributed by atoms with Crippen LogP contribution in [0.15, 0.2) is 54.7 Å². The number of rotatable bonds is 7. The van der Waals surface area contributed by atoms with E-state index in [9.17, 15) is 10.1 Å². The van der Waals surface area contributed by atoms with E-state index in [1.165, 1.54) is 5.56 Å². The van der Waals surface area contributed by atoms with Gasteiger partial charge in [-0.25, -0.2) is 14.8 Å². The molecule has 3 aromatic rings. The van der Waals surface area contributed by atoms with Gasteiger partial charge in [-0.05, 0) is 62.7 Å². The largest absolute Gasteiger partial charge is 0.489 e.